The van der Waals surface area contributed by atoms with Crippen molar-refractivity contribution in [3.05, 3.63) is 59.4 Å². The van der Waals surface area contributed by atoms with E-state index >= 15 is 0 Å². The zero-order valence-electron chi connectivity index (χ0n) is 17.3. The van der Waals surface area contributed by atoms with Crippen molar-refractivity contribution in [2.75, 3.05) is 33.9 Å². The number of hydrogen-bond acceptors (Lipinski definition) is 4. The lowest BCUT2D eigenvalue weighted by Crippen LogP contribution is -2.41. The van der Waals surface area contributed by atoms with Crippen molar-refractivity contribution in [1.29, 1.82) is 0 Å². The molecule has 1 aliphatic rings. The van der Waals surface area contributed by atoms with E-state index in [1.165, 1.54) is 13.2 Å². The highest BCUT2D eigenvalue weighted by Gasteiger charge is 2.24. The maximum atomic E-state index is 13.7. The molecule has 0 spiro atoms. The predicted molar refractivity (Wildman–Crippen MR) is 111 cm³/mol. The highest BCUT2D eigenvalue weighted by atomic mass is 19.1. The normalized spacial score (nSPS) is 14.3. The molecule has 30 heavy (non-hydrogen) atoms. The Kier molecular flexibility index (Phi) is 7.27. The van der Waals surface area contributed by atoms with Crippen molar-refractivity contribution >= 4 is 11.8 Å². The van der Waals surface area contributed by atoms with Crippen molar-refractivity contribution in [1.82, 2.24) is 10.2 Å². The second-order valence-electron chi connectivity index (χ2n) is 7.38. The number of nitrogens with zero attached hydrogens (tertiary/aromatic N) is 1. The number of piperidine rings is 1. The molecule has 160 valence electrons. The van der Waals surface area contributed by atoms with E-state index in [1.54, 1.807) is 43.5 Å². The Morgan fingerprint density at radius 3 is 2.43 bits per heavy atom. The van der Waals surface area contributed by atoms with Crippen LogP contribution in [0, 0.1) is 11.7 Å². The molecule has 0 radical (unpaired) electrons. The Bertz CT molecular complexity index is 895. The van der Waals surface area contributed by atoms with E-state index in [9.17, 15) is 14.0 Å². The first-order chi connectivity index (χ1) is 14.5. The third-order valence-electron chi connectivity index (χ3n) is 5.43. The van der Waals surface area contributed by atoms with Crippen LogP contribution in [0.1, 0.15) is 28.8 Å². The molecule has 1 aliphatic heterocycles. The molecule has 1 N–H and O–H groups in total. The zero-order chi connectivity index (χ0) is 21.5. The lowest BCUT2D eigenvalue weighted by atomic mass is 9.96. The molecule has 2 aromatic carbocycles. The standard InChI is InChI=1S/C23H27FN2O4/c1-29-20-8-7-18(13-21(20)30-2)23(28)26-11-9-16(10-12-26)15-25-22(27)14-17-5-3-4-6-19(17)24/h3-8,13,16H,9-12,14-15H2,1-2H3,(H,25,27). The van der Waals surface area contributed by atoms with Gasteiger partial charge < -0.3 is 19.7 Å². The van der Waals surface area contributed by atoms with E-state index in [0.29, 0.717) is 48.2 Å². The molecule has 1 fully saturated rings. The molecule has 1 saturated heterocycles. The highest BCUT2D eigenvalue weighted by Crippen LogP contribution is 2.28. The maximum Gasteiger partial charge on any atom is 0.253 e. The molecule has 0 bridgehead atoms. The summed E-state index contributed by atoms with van der Waals surface area (Å²) in [5, 5.41) is 2.89. The third-order valence-corrected chi connectivity index (χ3v) is 5.43. The van der Waals surface area contributed by atoms with Gasteiger partial charge >= 0.3 is 0 Å². The van der Waals surface area contributed by atoms with Crippen molar-refractivity contribution in [2.24, 2.45) is 5.92 Å². The van der Waals surface area contributed by atoms with Crippen molar-refractivity contribution in [3.63, 3.8) is 0 Å². The van der Waals surface area contributed by atoms with Gasteiger partial charge in [-0.3, -0.25) is 9.59 Å². The van der Waals surface area contributed by atoms with Gasteiger partial charge in [0.2, 0.25) is 5.91 Å². The topological polar surface area (TPSA) is 67.9 Å². The quantitative estimate of drug-likeness (QED) is 0.756. The summed E-state index contributed by atoms with van der Waals surface area (Å²) in [6.45, 7) is 1.79. The van der Waals surface area contributed by atoms with E-state index < -0.39 is 0 Å². The number of carbonyl (C=O) groups is 2. The van der Waals surface area contributed by atoms with E-state index in [2.05, 4.69) is 5.32 Å². The molecule has 0 aromatic heterocycles. The molecular weight excluding hydrogens is 387 g/mol. The fourth-order valence-electron chi connectivity index (χ4n) is 3.63. The van der Waals surface area contributed by atoms with Crippen LogP contribution in [0.4, 0.5) is 4.39 Å². The van der Waals surface area contributed by atoms with Gasteiger partial charge in [-0.05, 0) is 48.6 Å². The van der Waals surface area contributed by atoms with Crippen molar-refractivity contribution in [2.45, 2.75) is 19.3 Å². The van der Waals surface area contributed by atoms with Crippen LogP contribution in [0.25, 0.3) is 0 Å². The molecule has 0 saturated carbocycles. The number of benzene rings is 2. The van der Waals surface area contributed by atoms with Crippen LogP contribution < -0.4 is 14.8 Å². The number of nitrogens with one attached hydrogen (secondary N) is 1. The summed E-state index contributed by atoms with van der Waals surface area (Å²) in [5.41, 5.74) is 0.953. The zero-order valence-corrected chi connectivity index (χ0v) is 17.3. The summed E-state index contributed by atoms with van der Waals surface area (Å²) in [5.74, 6) is 0.801. The Labute approximate surface area is 176 Å². The Morgan fingerprint density at radius 1 is 1.07 bits per heavy atom. The molecule has 7 heteroatoms. The predicted octanol–water partition coefficient (Wildman–Crippen LogP) is 3.05. The van der Waals surface area contributed by atoms with Gasteiger partial charge in [0.1, 0.15) is 5.82 Å². The Morgan fingerprint density at radius 2 is 1.77 bits per heavy atom. The van der Waals surface area contributed by atoms with Crippen molar-refractivity contribution < 1.29 is 23.5 Å². The third kappa shape index (κ3) is 5.28. The number of likely N-dealkylation sites (tertiary alicyclic amines) is 1. The Balaban J connectivity index is 1.47. The summed E-state index contributed by atoms with van der Waals surface area (Å²) in [6, 6.07) is 11.4. The molecule has 0 unspecified atom stereocenters. The SMILES string of the molecule is COc1ccc(C(=O)N2CCC(CNC(=O)Cc3ccccc3F)CC2)cc1OC. The van der Waals surface area contributed by atoms with Crippen LogP contribution in [-0.4, -0.2) is 50.6 Å². The summed E-state index contributed by atoms with van der Waals surface area (Å²) >= 11 is 0. The molecule has 2 amide bonds. The number of halogens is 1. The molecule has 6 nitrogen and oxygen atoms in total. The van der Waals surface area contributed by atoms with Crippen LogP contribution in [0.3, 0.4) is 0 Å². The summed E-state index contributed by atoms with van der Waals surface area (Å²) < 4.78 is 24.2. The van der Waals surface area contributed by atoms with Gasteiger partial charge in [-0.25, -0.2) is 4.39 Å². The van der Waals surface area contributed by atoms with E-state index in [-0.39, 0.29) is 24.1 Å². The minimum absolute atomic E-state index is 0.0311. The number of ether oxygens (including phenoxy) is 2. The first-order valence-electron chi connectivity index (χ1n) is 10.0. The molecule has 0 aliphatic carbocycles. The fraction of sp³-hybridized carbons (Fsp3) is 0.391. The number of hydrogen-bond donors (Lipinski definition) is 1. The minimum atomic E-state index is -0.366. The molecular formula is C23H27FN2O4. The lowest BCUT2D eigenvalue weighted by molar-refractivity contribution is -0.120. The van der Waals surface area contributed by atoms with Gasteiger partial charge in [-0.15, -0.1) is 0 Å². The second kappa shape index (κ2) is 10.1. The van der Waals surface area contributed by atoms with Gasteiger partial charge in [0, 0.05) is 25.2 Å². The Hall–Kier alpha value is -3.09. The van der Waals surface area contributed by atoms with Crippen LogP contribution in [0.15, 0.2) is 42.5 Å². The molecule has 1 heterocycles. The van der Waals surface area contributed by atoms with Crippen molar-refractivity contribution in [3.8, 4) is 11.5 Å². The summed E-state index contributed by atoms with van der Waals surface area (Å²) in [7, 11) is 3.09. The monoisotopic (exact) mass is 414 g/mol. The lowest BCUT2D eigenvalue weighted by Gasteiger charge is -2.32. The molecule has 0 atom stereocenters. The van der Waals surface area contributed by atoms with Gasteiger partial charge in [-0.1, -0.05) is 18.2 Å². The van der Waals surface area contributed by atoms with E-state index in [4.69, 9.17) is 9.47 Å². The maximum absolute atomic E-state index is 13.7. The first kappa shape index (κ1) is 21.6. The van der Waals surface area contributed by atoms with Crippen LogP contribution in [0.2, 0.25) is 0 Å². The first-order valence-corrected chi connectivity index (χ1v) is 10.0. The number of methoxy groups -OCH3 is 2. The highest BCUT2D eigenvalue weighted by molar-refractivity contribution is 5.95. The number of amides is 2. The smallest absolute Gasteiger partial charge is 0.253 e. The van der Waals surface area contributed by atoms with E-state index in [1.807, 2.05) is 4.90 Å². The average molecular weight is 414 g/mol. The van der Waals surface area contributed by atoms with Crippen LogP contribution >= 0.6 is 0 Å². The fourth-order valence-corrected chi connectivity index (χ4v) is 3.63. The van der Waals surface area contributed by atoms with Gasteiger partial charge in [0.25, 0.3) is 5.91 Å². The van der Waals surface area contributed by atoms with Gasteiger partial charge in [0.05, 0.1) is 20.6 Å². The number of rotatable bonds is 7. The summed E-state index contributed by atoms with van der Waals surface area (Å²) in [4.78, 5) is 26.7. The van der Waals surface area contributed by atoms with E-state index in [0.717, 1.165) is 12.8 Å². The largest absolute Gasteiger partial charge is 0.493 e. The van der Waals surface area contributed by atoms with Gasteiger partial charge in [-0.2, -0.15) is 0 Å². The second-order valence-corrected chi connectivity index (χ2v) is 7.38. The number of carbonyl (C=O) groups excluding carboxylic acids is 2. The van der Waals surface area contributed by atoms with Crippen LogP contribution in [-0.2, 0) is 11.2 Å². The van der Waals surface area contributed by atoms with Crippen LogP contribution in [0.5, 0.6) is 11.5 Å². The molecule has 2 aromatic rings. The van der Waals surface area contributed by atoms with Gasteiger partial charge in [0.15, 0.2) is 11.5 Å². The summed E-state index contributed by atoms with van der Waals surface area (Å²) in [6.07, 6.45) is 1.64. The molecule has 3 rings (SSSR count). The average Bonchev–Trinajstić information content (AvgIpc) is 2.78. The minimum Gasteiger partial charge on any atom is -0.493 e.